The summed E-state index contributed by atoms with van der Waals surface area (Å²) in [5.74, 6) is -1.37. The molecule has 2 amide bonds. The number of hydrogen-bond donors (Lipinski definition) is 1. The standard InChI is InChI=1S/C24H21N3O4/c1-13(28)27-12-18-22(23(27)29)20(14-7-9-15(10-8-14)24(30)31-3)16-11-26(2)19-6-4-5-17(25-18)21(16)19/h4-11,20,25H,12H2,1-3H3. The Balaban J connectivity index is 1.75. The Morgan fingerprint density at radius 1 is 1.13 bits per heavy atom. The molecule has 0 saturated heterocycles. The van der Waals surface area contributed by atoms with Gasteiger partial charge in [0.15, 0.2) is 0 Å². The Labute approximate surface area is 178 Å². The predicted octanol–water partition coefficient (Wildman–Crippen LogP) is 3.17. The number of imide groups is 1. The van der Waals surface area contributed by atoms with Crippen LogP contribution in [0.3, 0.4) is 0 Å². The molecule has 7 nitrogen and oxygen atoms in total. The lowest BCUT2D eigenvalue weighted by atomic mass is 9.84. The zero-order valence-electron chi connectivity index (χ0n) is 17.4. The third-order valence-electron chi connectivity index (χ3n) is 6.09. The summed E-state index contributed by atoms with van der Waals surface area (Å²) in [6.45, 7) is 1.62. The molecule has 1 N–H and O–H groups in total. The van der Waals surface area contributed by atoms with E-state index in [1.54, 1.807) is 12.1 Å². The number of amides is 2. The molecule has 0 spiro atoms. The number of nitrogens with one attached hydrogen (secondary N) is 1. The van der Waals surface area contributed by atoms with Crippen molar-refractivity contribution in [2.24, 2.45) is 7.05 Å². The van der Waals surface area contributed by atoms with E-state index in [1.165, 1.54) is 18.9 Å². The van der Waals surface area contributed by atoms with Crippen molar-refractivity contribution in [3.63, 3.8) is 0 Å². The van der Waals surface area contributed by atoms with Crippen LogP contribution < -0.4 is 5.32 Å². The Kier molecular flexibility index (Phi) is 4.22. The molecule has 7 heteroatoms. The van der Waals surface area contributed by atoms with E-state index in [1.807, 2.05) is 48.1 Å². The first-order valence-corrected chi connectivity index (χ1v) is 9.99. The summed E-state index contributed by atoms with van der Waals surface area (Å²) in [6.07, 6.45) is 2.04. The van der Waals surface area contributed by atoms with E-state index in [4.69, 9.17) is 4.74 Å². The highest BCUT2D eigenvalue weighted by atomic mass is 16.5. The van der Waals surface area contributed by atoms with Crippen molar-refractivity contribution in [2.75, 3.05) is 19.0 Å². The maximum Gasteiger partial charge on any atom is 0.337 e. The number of esters is 1. The topological polar surface area (TPSA) is 80.6 Å². The van der Waals surface area contributed by atoms with Crippen molar-refractivity contribution in [1.29, 1.82) is 0 Å². The van der Waals surface area contributed by atoms with Crippen molar-refractivity contribution in [3.8, 4) is 0 Å². The van der Waals surface area contributed by atoms with Gasteiger partial charge < -0.3 is 14.6 Å². The van der Waals surface area contributed by atoms with Gasteiger partial charge >= 0.3 is 5.97 Å². The number of hydrogen-bond acceptors (Lipinski definition) is 5. The third-order valence-corrected chi connectivity index (χ3v) is 6.09. The molecule has 0 bridgehead atoms. The van der Waals surface area contributed by atoms with Crippen LogP contribution in [0.5, 0.6) is 0 Å². The minimum atomic E-state index is -0.416. The van der Waals surface area contributed by atoms with Crippen molar-refractivity contribution in [2.45, 2.75) is 12.8 Å². The predicted molar refractivity (Wildman–Crippen MR) is 116 cm³/mol. The maximum atomic E-state index is 13.3. The SMILES string of the molecule is COC(=O)c1ccc(C2C3=C(CN(C(C)=O)C3=O)Nc3cccc4c3c2cn4C)cc1. The average molecular weight is 415 g/mol. The summed E-state index contributed by atoms with van der Waals surface area (Å²) in [5, 5.41) is 4.48. The fourth-order valence-corrected chi connectivity index (χ4v) is 4.65. The number of carbonyl (C=O) groups excluding carboxylic acids is 3. The summed E-state index contributed by atoms with van der Waals surface area (Å²) >= 11 is 0. The Hall–Kier alpha value is -3.87. The quantitative estimate of drug-likeness (QED) is 0.651. The van der Waals surface area contributed by atoms with Crippen LogP contribution >= 0.6 is 0 Å². The van der Waals surface area contributed by atoms with Crippen LogP contribution in [-0.4, -0.2) is 40.9 Å². The summed E-state index contributed by atoms with van der Waals surface area (Å²) in [6, 6.07) is 13.1. The molecule has 1 unspecified atom stereocenters. The van der Waals surface area contributed by atoms with Gasteiger partial charge in [0.25, 0.3) is 5.91 Å². The molecule has 0 saturated carbocycles. The molecule has 31 heavy (non-hydrogen) atoms. The van der Waals surface area contributed by atoms with Crippen molar-refractivity contribution >= 4 is 34.4 Å². The largest absolute Gasteiger partial charge is 0.465 e. The lowest BCUT2D eigenvalue weighted by Gasteiger charge is -2.19. The number of methoxy groups -OCH3 is 1. The highest BCUT2D eigenvalue weighted by Crippen LogP contribution is 2.46. The fourth-order valence-electron chi connectivity index (χ4n) is 4.65. The van der Waals surface area contributed by atoms with Gasteiger partial charge in [-0.25, -0.2) is 4.79 Å². The third kappa shape index (κ3) is 2.77. The number of aromatic nitrogens is 1. The molecule has 2 aliphatic heterocycles. The number of nitrogens with zero attached hydrogens (tertiary/aromatic N) is 2. The molecule has 1 atom stereocenters. The summed E-state index contributed by atoms with van der Waals surface area (Å²) in [5.41, 5.74) is 5.54. The van der Waals surface area contributed by atoms with Gasteiger partial charge in [0.05, 0.1) is 30.3 Å². The maximum absolute atomic E-state index is 13.3. The molecule has 156 valence electrons. The van der Waals surface area contributed by atoms with Gasteiger partial charge in [-0.15, -0.1) is 0 Å². The van der Waals surface area contributed by atoms with Gasteiger partial charge in [0, 0.05) is 42.9 Å². The van der Waals surface area contributed by atoms with Crippen LogP contribution in [0.2, 0.25) is 0 Å². The van der Waals surface area contributed by atoms with E-state index in [0.29, 0.717) is 11.1 Å². The number of benzene rings is 2. The molecule has 0 aliphatic carbocycles. The van der Waals surface area contributed by atoms with Crippen LogP contribution in [0, 0.1) is 0 Å². The molecule has 5 rings (SSSR count). The number of anilines is 1. The van der Waals surface area contributed by atoms with Crippen LogP contribution in [0.25, 0.3) is 10.9 Å². The van der Waals surface area contributed by atoms with Crippen molar-refractivity contribution < 1.29 is 19.1 Å². The first-order valence-electron chi connectivity index (χ1n) is 9.99. The van der Waals surface area contributed by atoms with Gasteiger partial charge in [-0.1, -0.05) is 18.2 Å². The number of carbonyl (C=O) groups is 3. The normalized spacial score (nSPS) is 17.5. The van der Waals surface area contributed by atoms with E-state index < -0.39 is 5.97 Å². The van der Waals surface area contributed by atoms with Crippen LogP contribution in [-0.2, 0) is 21.4 Å². The lowest BCUT2D eigenvalue weighted by Crippen LogP contribution is -2.33. The van der Waals surface area contributed by atoms with Gasteiger partial charge in [-0.05, 0) is 35.4 Å². The minimum absolute atomic E-state index is 0.215. The lowest BCUT2D eigenvalue weighted by molar-refractivity contribution is -0.139. The van der Waals surface area contributed by atoms with E-state index >= 15 is 0 Å². The van der Waals surface area contributed by atoms with Crippen LogP contribution in [0.4, 0.5) is 5.69 Å². The molecule has 1 aromatic heterocycles. The number of rotatable bonds is 2. The second-order valence-corrected chi connectivity index (χ2v) is 7.87. The zero-order chi connectivity index (χ0) is 21.9. The minimum Gasteiger partial charge on any atom is -0.465 e. The van der Waals surface area contributed by atoms with Gasteiger partial charge in [0.1, 0.15) is 0 Å². The zero-order valence-corrected chi connectivity index (χ0v) is 17.4. The van der Waals surface area contributed by atoms with E-state index in [0.717, 1.165) is 33.4 Å². The molecule has 2 aromatic carbocycles. The summed E-state index contributed by atoms with van der Waals surface area (Å²) in [4.78, 5) is 38.6. The van der Waals surface area contributed by atoms with E-state index in [2.05, 4.69) is 5.32 Å². The summed E-state index contributed by atoms with van der Waals surface area (Å²) in [7, 11) is 3.32. The molecular formula is C24H21N3O4. The van der Waals surface area contributed by atoms with Gasteiger partial charge in [-0.3, -0.25) is 14.5 Å². The smallest absolute Gasteiger partial charge is 0.337 e. The Morgan fingerprint density at radius 2 is 1.87 bits per heavy atom. The number of aryl methyl sites for hydroxylation is 1. The highest BCUT2D eigenvalue weighted by Gasteiger charge is 2.41. The molecule has 2 aliphatic rings. The number of ether oxygens (including phenoxy) is 1. The monoisotopic (exact) mass is 415 g/mol. The van der Waals surface area contributed by atoms with Crippen LogP contribution in [0.1, 0.15) is 34.3 Å². The van der Waals surface area contributed by atoms with Crippen molar-refractivity contribution in [3.05, 3.63) is 76.6 Å². The van der Waals surface area contributed by atoms with Crippen LogP contribution in [0.15, 0.2) is 59.9 Å². The Bertz CT molecular complexity index is 1300. The average Bonchev–Trinajstić information content (AvgIpc) is 3.22. The van der Waals surface area contributed by atoms with Gasteiger partial charge in [-0.2, -0.15) is 0 Å². The first kappa shape index (κ1) is 19.1. The molecule has 3 aromatic rings. The first-order chi connectivity index (χ1) is 14.9. The Morgan fingerprint density at radius 3 is 2.55 bits per heavy atom. The second kappa shape index (κ2) is 6.84. The van der Waals surface area contributed by atoms with E-state index in [-0.39, 0.29) is 24.3 Å². The summed E-state index contributed by atoms with van der Waals surface area (Å²) < 4.78 is 6.85. The second-order valence-electron chi connectivity index (χ2n) is 7.87. The molecule has 0 fully saturated rings. The van der Waals surface area contributed by atoms with E-state index in [9.17, 15) is 14.4 Å². The van der Waals surface area contributed by atoms with Gasteiger partial charge in [0.2, 0.25) is 5.91 Å². The van der Waals surface area contributed by atoms with Crippen molar-refractivity contribution in [1.82, 2.24) is 9.47 Å². The molecule has 3 heterocycles. The molecular weight excluding hydrogens is 394 g/mol. The molecule has 0 radical (unpaired) electrons. The fraction of sp³-hybridized carbons (Fsp3) is 0.208. The highest BCUT2D eigenvalue weighted by molar-refractivity contribution is 6.11.